The first kappa shape index (κ1) is 15.6. The molecule has 1 fully saturated rings. The van der Waals surface area contributed by atoms with E-state index in [0.717, 1.165) is 18.4 Å². The maximum atomic E-state index is 12.4. The number of hydrogen-bond acceptors (Lipinski definition) is 3. The lowest BCUT2D eigenvalue weighted by Gasteiger charge is -2.33. The minimum atomic E-state index is -0.289. The van der Waals surface area contributed by atoms with Crippen LogP contribution in [0, 0.1) is 17.8 Å². The molecule has 4 heteroatoms. The number of carbonyl (C=O) groups is 1. The molecule has 1 amide bonds. The van der Waals surface area contributed by atoms with Crippen LogP contribution in [0.3, 0.4) is 0 Å². The van der Waals surface area contributed by atoms with Crippen molar-refractivity contribution in [1.29, 1.82) is 0 Å². The van der Waals surface area contributed by atoms with E-state index >= 15 is 0 Å². The predicted molar refractivity (Wildman–Crippen MR) is 82.7 cm³/mol. The van der Waals surface area contributed by atoms with Gasteiger partial charge in [0.2, 0.25) is 0 Å². The van der Waals surface area contributed by atoms with Gasteiger partial charge in [0, 0.05) is 24.2 Å². The second-order valence-electron chi connectivity index (χ2n) is 5.45. The van der Waals surface area contributed by atoms with Crippen LogP contribution in [0.1, 0.15) is 35.7 Å². The number of carbonyl (C=O) groups excluding carboxylic acids is 1. The molecule has 1 aliphatic heterocycles. The number of likely N-dealkylation sites (tertiary alicyclic amines) is 1. The van der Waals surface area contributed by atoms with Crippen molar-refractivity contribution in [3.63, 3.8) is 0 Å². The summed E-state index contributed by atoms with van der Waals surface area (Å²) in [6.45, 7) is 3.58. The summed E-state index contributed by atoms with van der Waals surface area (Å²) in [4.78, 5) is 14.3. The number of nitrogens with two attached hydrogens (primary N) is 1. The van der Waals surface area contributed by atoms with E-state index in [1.807, 2.05) is 36.1 Å². The molecule has 1 unspecified atom stereocenters. The largest absolute Gasteiger partial charge is 0.393 e. The van der Waals surface area contributed by atoms with Gasteiger partial charge in [-0.1, -0.05) is 11.8 Å². The van der Waals surface area contributed by atoms with E-state index < -0.39 is 0 Å². The first-order chi connectivity index (χ1) is 10.1. The second kappa shape index (κ2) is 7.26. The van der Waals surface area contributed by atoms with Crippen LogP contribution in [0.5, 0.6) is 0 Å². The van der Waals surface area contributed by atoms with E-state index in [9.17, 15) is 9.90 Å². The standard InChI is InChI=1S/C17H22N2O2/c1-13(20)15-8-11-19(12-9-15)17(21)16-6-4-14(5-7-16)3-2-10-18/h4-7,13,15,20H,8-12,18H2,1H3. The van der Waals surface area contributed by atoms with Gasteiger partial charge in [-0.2, -0.15) is 0 Å². The molecule has 0 bridgehead atoms. The van der Waals surface area contributed by atoms with Crippen LogP contribution < -0.4 is 5.73 Å². The van der Waals surface area contributed by atoms with Gasteiger partial charge in [0.25, 0.3) is 5.91 Å². The van der Waals surface area contributed by atoms with Gasteiger partial charge in [-0.15, -0.1) is 0 Å². The second-order valence-corrected chi connectivity index (χ2v) is 5.45. The van der Waals surface area contributed by atoms with Crippen molar-refractivity contribution < 1.29 is 9.90 Å². The van der Waals surface area contributed by atoms with E-state index in [1.165, 1.54) is 0 Å². The van der Waals surface area contributed by atoms with E-state index in [2.05, 4.69) is 11.8 Å². The highest BCUT2D eigenvalue weighted by Gasteiger charge is 2.25. The van der Waals surface area contributed by atoms with Gasteiger partial charge >= 0.3 is 0 Å². The van der Waals surface area contributed by atoms with Crippen molar-refractivity contribution in [3.05, 3.63) is 35.4 Å². The fourth-order valence-corrected chi connectivity index (χ4v) is 2.62. The number of hydrogen-bond donors (Lipinski definition) is 2. The Morgan fingerprint density at radius 1 is 1.38 bits per heavy atom. The Balaban J connectivity index is 1.97. The molecular weight excluding hydrogens is 264 g/mol. The van der Waals surface area contributed by atoms with Crippen molar-refractivity contribution >= 4 is 5.91 Å². The molecule has 21 heavy (non-hydrogen) atoms. The zero-order chi connectivity index (χ0) is 15.2. The Kier molecular flexibility index (Phi) is 5.38. The summed E-state index contributed by atoms with van der Waals surface area (Å²) in [5.41, 5.74) is 6.88. The Morgan fingerprint density at radius 3 is 2.52 bits per heavy atom. The lowest BCUT2D eigenvalue weighted by Crippen LogP contribution is -2.40. The third-order valence-corrected chi connectivity index (χ3v) is 3.98. The van der Waals surface area contributed by atoms with Gasteiger partial charge < -0.3 is 15.7 Å². The summed E-state index contributed by atoms with van der Waals surface area (Å²) < 4.78 is 0. The van der Waals surface area contributed by atoms with Crippen LogP contribution in [0.25, 0.3) is 0 Å². The van der Waals surface area contributed by atoms with E-state index in [1.54, 1.807) is 0 Å². The van der Waals surface area contributed by atoms with Crippen molar-refractivity contribution in [2.24, 2.45) is 11.7 Å². The van der Waals surface area contributed by atoms with Crippen LogP contribution in [-0.4, -0.2) is 41.7 Å². The van der Waals surface area contributed by atoms with Gasteiger partial charge in [0.05, 0.1) is 12.6 Å². The quantitative estimate of drug-likeness (QED) is 0.804. The van der Waals surface area contributed by atoms with Crippen LogP contribution in [-0.2, 0) is 0 Å². The van der Waals surface area contributed by atoms with Gasteiger partial charge in [-0.25, -0.2) is 0 Å². The topological polar surface area (TPSA) is 66.6 Å². The molecule has 0 spiro atoms. The molecule has 1 aromatic carbocycles. The van der Waals surface area contributed by atoms with Gasteiger partial charge in [0.1, 0.15) is 0 Å². The maximum Gasteiger partial charge on any atom is 0.253 e. The molecule has 0 aliphatic carbocycles. The number of rotatable bonds is 2. The number of aliphatic hydroxyl groups is 1. The van der Waals surface area contributed by atoms with Crippen LogP contribution >= 0.6 is 0 Å². The number of benzene rings is 1. The average Bonchev–Trinajstić information content (AvgIpc) is 2.53. The smallest absolute Gasteiger partial charge is 0.253 e. The molecule has 4 nitrogen and oxygen atoms in total. The number of amides is 1. The fraction of sp³-hybridized carbons (Fsp3) is 0.471. The number of aliphatic hydroxyl groups excluding tert-OH is 1. The maximum absolute atomic E-state index is 12.4. The summed E-state index contributed by atoms with van der Waals surface area (Å²) in [6, 6.07) is 7.31. The highest BCUT2D eigenvalue weighted by Crippen LogP contribution is 2.21. The van der Waals surface area contributed by atoms with Gasteiger partial charge in [0.15, 0.2) is 0 Å². The van der Waals surface area contributed by atoms with Crippen molar-refractivity contribution in [2.45, 2.75) is 25.9 Å². The Bertz CT molecular complexity index is 532. The monoisotopic (exact) mass is 286 g/mol. The third kappa shape index (κ3) is 4.07. The molecule has 1 heterocycles. The normalized spacial score (nSPS) is 17.0. The van der Waals surface area contributed by atoms with E-state index in [4.69, 9.17) is 5.73 Å². The predicted octanol–water partition coefficient (Wildman–Crippen LogP) is 1.23. The van der Waals surface area contributed by atoms with E-state index in [-0.39, 0.29) is 12.0 Å². The zero-order valence-electron chi connectivity index (χ0n) is 12.4. The molecule has 112 valence electrons. The number of nitrogens with zero attached hydrogens (tertiary/aromatic N) is 1. The minimum Gasteiger partial charge on any atom is -0.393 e. The number of piperidine rings is 1. The van der Waals surface area contributed by atoms with Gasteiger partial charge in [-0.3, -0.25) is 4.79 Å². The van der Waals surface area contributed by atoms with Crippen molar-refractivity contribution in [1.82, 2.24) is 4.90 Å². The molecule has 0 radical (unpaired) electrons. The van der Waals surface area contributed by atoms with Gasteiger partial charge in [-0.05, 0) is 49.9 Å². The van der Waals surface area contributed by atoms with Crippen molar-refractivity contribution in [3.8, 4) is 11.8 Å². The average molecular weight is 286 g/mol. The minimum absolute atomic E-state index is 0.0531. The molecule has 0 aromatic heterocycles. The first-order valence-corrected chi connectivity index (χ1v) is 7.38. The fourth-order valence-electron chi connectivity index (χ4n) is 2.62. The summed E-state index contributed by atoms with van der Waals surface area (Å²) >= 11 is 0. The molecular formula is C17H22N2O2. The molecule has 1 atom stereocenters. The highest BCUT2D eigenvalue weighted by molar-refractivity contribution is 5.94. The molecule has 1 aliphatic rings. The lowest BCUT2D eigenvalue weighted by molar-refractivity contribution is 0.0521. The summed E-state index contributed by atoms with van der Waals surface area (Å²) in [6.07, 6.45) is 1.44. The Labute approximate surface area is 125 Å². The summed E-state index contributed by atoms with van der Waals surface area (Å²) in [7, 11) is 0. The molecule has 3 N–H and O–H groups in total. The summed E-state index contributed by atoms with van der Waals surface area (Å²) in [5, 5.41) is 9.60. The van der Waals surface area contributed by atoms with E-state index in [0.29, 0.717) is 31.1 Å². The lowest BCUT2D eigenvalue weighted by atomic mass is 9.92. The molecule has 0 saturated carbocycles. The third-order valence-electron chi connectivity index (χ3n) is 3.98. The highest BCUT2D eigenvalue weighted by atomic mass is 16.3. The molecule has 2 rings (SSSR count). The van der Waals surface area contributed by atoms with Crippen LogP contribution in [0.15, 0.2) is 24.3 Å². The van der Waals surface area contributed by atoms with Crippen LogP contribution in [0.4, 0.5) is 0 Å². The van der Waals surface area contributed by atoms with Crippen molar-refractivity contribution in [2.75, 3.05) is 19.6 Å². The molecule has 1 aromatic rings. The first-order valence-electron chi connectivity index (χ1n) is 7.38. The molecule has 1 saturated heterocycles. The SMILES string of the molecule is CC(O)C1CCN(C(=O)c2ccc(C#CCN)cc2)CC1. The van der Waals surface area contributed by atoms with Crippen LogP contribution in [0.2, 0.25) is 0 Å². The Morgan fingerprint density at radius 2 is 2.00 bits per heavy atom. The zero-order valence-corrected chi connectivity index (χ0v) is 12.4. The summed E-state index contributed by atoms with van der Waals surface area (Å²) in [5.74, 6) is 6.09. The Hall–Kier alpha value is -1.83.